The van der Waals surface area contributed by atoms with E-state index in [0.29, 0.717) is 7.92 Å². The van der Waals surface area contributed by atoms with Gasteiger partial charge in [0, 0.05) is 0 Å². The Morgan fingerprint density at radius 3 is 1.62 bits per heavy atom. The summed E-state index contributed by atoms with van der Waals surface area (Å²) in [5, 5.41) is 0. The molecule has 0 bridgehead atoms. The van der Waals surface area contributed by atoms with Crippen LogP contribution in [0.3, 0.4) is 0 Å². The fraction of sp³-hybridized carbons (Fsp3) is 1.00. The second kappa shape index (κ2) is 6.90. The molecule has 0 heterocycles. The quantitative estimate of drug-likeness (QED) is 0.508. The standard InChI is InChI=1S/C20H35P/c1-3-9-17(10-4-1)21(18-11-5-2-6-12-18)20-13-7-8-16-14-15-19(16)20/h16-20H,1-15H2. The van der Waals surface area contributed by atoms with E-state index in [4.69, 9.17) is 0 Å². The third-order valence-corrected chi connectivity index (χ3v) is 11.5. The van der Waals surface area contributed by atoms with Crippen LogP contribution in [0.5, 0.6) is 0 Å². The van der Waals surface area contributed by atoms with Gasteiger partial charge in [-0.25, -0.2) is 0 Å². The van der Waals surface area contributed by atoms with Gasteiger partial charge >= 0.3 is 0 Å². The van der Waals surface area contributed by atoms with Gasteiger partial charge in [-0.2, -0.15) is 0 Å². The smallest absolute Gasteiger partial charge is 0.0173 e. The molecule has 0 spiro atoms. The third-order valence-electron chi connectivity index (χ3n) is 7.42. The Morgan fingerprint density at radius 2 is 1.10 bits per heavy atom. The molecule has 3 atom stereocenters. The first kappa shape index (κ1) is 15.0. The molecule has 0 aromatic rings. The van der Waals surface area contributed by atoms with Crippen LogP contribution in [-0.2, 0) is 0 Å². The molecule has 4 aliphatic carbocycles. The number of rotatable bonds is 3. The van der Waals surface area contributed by atoms with Crippen LogP contribution >= 0.6 is 7.92 Å². The zero-order chi connectivity index (χ0) is 14.1. The van der Waals surface area contributed by atoms with Gasteiger partial charge in [-0.05, 0) is 73.8 Å². The van der Waals surface area contributed by atoms with E-state index in [2.05, 4.69) is 0 Å². The van der Waals surface area contributed by atoms with Gasteiger partial charge in [0.05, 0.1) is 0 Å². The van der Waals surface area contributed by atoms with Crippen LogP contribution in [-0.4, -0.2) is 17.0 Å². The Labute approximate surface area is 133 Å². The maximum absolute atomic E-state index is 1.64. The summed E-state index contributed by atoms with van der Waals surface area (Å²) >= 11 is 0. The van der Waals surface area contributed by atoms with E-state index in [9.17, 15) is 0 Å². The van der Waals surface area contributed by atoms with Gasteiger partial charge in [0.15, 0.2) is 0 Å². The van der Waals surface area contributed by atoms with Crippen molar-refractivity contribution < 1.29 is 0 Å². The molecule has 0 nitrogen and oxygen atoms in total. The van der Waals surface area contributed by atoms with Crippen LogP contribution in [0.1, 0.15) is 96.3 Å². The van der Waals surface area contributed by atoms with Crippen molar-refractivity contribution in [3.63, 3.8) is 0 Å². The van der Waals surface area contributed by atoms with Crippen molar-refractivity contribution in [3.05, 3.63) is 0 Å². The lowest BCUT2D eigenvalue weighted by Gasteiger charge is -2.53. The minimum absolute atomic E-state index is 0.370. The van der Waals surface area contributed by atoms with Crippen molar-refractivity contribution >= 4 is 7.92 Å². The van der Waals surface area contributed by atoms with Crippen molar-refractivity contribution in [3.8, 4) is 0 Å². The van der Waals surface area contributed by atoms with Gasteiger partial charge < -0.3 is 0 Å². The predicted octanol–water partition coefficient (Wildman–Crippen LogP) is 6.71. The molecule has 0 radical (unpaired) electrons. The second-order valence-electron chi connectivity index (χ2n) is 8.53. The molecule has 0 saturated heterocycles. The minimum Gasteiger partial charge on any atom is -0.0969 e. The first-order valence-electron chi connectivity index (χ1n) is 10.2. The Kier molecular flexibility index (Phi) is 4.93. The zero-order valence-electron chi connectivity index (χ0n) is 13.9. The van der Waals surface area contributed by atoms with Crippen LogP contribution in [0.15, 0.2) is 0 Å². The maximum Gasteiger partial charge on any atom is -0.0173 e. The van der Waals surface area contributed by atoms with Gasteiger partial charge in [0.1, 0.15) is 0 Å². The van der Waals surface area contributed by atoms with Gasteiger partial charge in [0.25, 0.3) is 0 Å². The fourth-order valence-electron chi connectivity index (χ4n) is 6.23. The summed E-state index contributed by atoms with van der Waals surface area (Å²) in [7, 11) is 0.370. The minimum atomic E-state index is 0.370. The van der Waals surface area contributed by atoms with Gasteiger partial charge in [-0.1, -0.05) is 59.3 Å². The number of fused-ring (bicyclic) bond motifs is 1. The second-order valence-corrected chi connectivity index (χ2v) is 11.5. The lowest BCUT2D eigenvalue weighted by molar-refractivity contribution is 0.119. The van der Waals surface area contributed by atoms with Crippen molar-refractivity contribution in [2.75, 3.05) is 0 Å². The Bertz CT molecular complexity index is 309. The molecule has 0 aromatic carbocycles. The first-order valence-corrected chi connectivity index (χ1v) is 11.8. The largest absolute Gasteiger partial charge is 0.0969 e. The molecule has 3 unspecified atom stereocenters. The van der Waals surface area contributed by atoms with Crippen LogP contribution in [0, 0.1) is 11.8 Å². The summed E-state index contributed by atoms with van der Waals surface area (Å²) < 4.78 is 0. The van der Waals surface area contributed by atoms with Crippen LogP contribution in [0.25, 0.3) is 0 Å². The lowest BCUT2D eigenvalue weighted by Crippen LogP contribution is -2.42. The highest BCUT2D eigenvalue weighted by molar-refractivity contribution is 7.60. The van der Waals surface area contributed by atoms with Gasteiger partial charge in [-0.3, -0.25) is 0 Å². The first-order chi connectivity index (χ1) is 10.4. The normalized spacial score (nSPS) is 39.0. The van der Waals surface area contributed by atoms with Crippen molar-refractivity contribution in [1.29, 1.82) is 0 Å². The Hall–Kier alpha value is 0.430. The van der Waals surface area contributed by atoms with Crippen molar-refractivity contribution in [2.45, 2.75) is 113 Å². The van der Waals surface area contributed by atoms with E-state index in [1.807, 2.05) is 0 Å². The molecule has 4 fully saturated rings. The van der Waals surface area contributed by atoms with Crippen LogP contribution in [0.2, 0.25) is 0 Å². The van der Waals surface area contributed by atoms with E-state index in [1.165, 1.54) is 28.8 Å². The van der Waals surface area contributed by atoms with E-state index < -0.39 is 0 Å². The summed E-state index contributed by atoms with van der Waals surface area (Å²) in [6.45, 7) is 0. The molecule has 4 aliphatic rings. The highest BCUT2D eigenvalue weighted by Gasteiger charge is 2.46. The van der Waals surface area contributed by atoms with Crippen LogP contribution in [0.4, 0.5) is 0 Å². The van der Waals surface area contributed by atoms with E-state index in [0.717, 1.165) is 0 Å². The summed E-state index contributed by atoms with van der Waals surface area (Å²) in [4.78, 5) is 0. The molecular formula is C20H35P. The van der Waals surface area contributed by atoms with E-state index >= 15 is 0 Å². The van der Waals surface area contributed by atoms with Crippen molar-refractivity contribution in [2.24, 2.45) is 11.8 Å². The summed E-state index contributed by atoms with van der Waals surface area (Å²) in [5.41, 5.74) is 3.61. The molecule has 0 aromatic heterocycles. The highest BCUT2D eigenvalue weighted by atomic mass is 31.1. The van der Waals surface area contributed by atoms with E-state index in [1.54, 1.807) is 96.3 Å². The molecule has 21 heavy (non-hydrogen) atoms. The molecule has 0 amide bonds. The SMILES string of the molecule is C1CCC(P(C2CCCCC2)C2CCCC3CCC32)CC1. The molecule has 0 aliphatic heterocycles. The molecular weight excluding hydrogens is 271 g/mol. The van der Waals surface area contributed by atoms with Crippen LogP contribution < -0.4 is 0 Å². The zero-order valence-corrected chi connectivity index (χ0v) is 14.8. The van der Waals surface area contributed by atoms with Crippen molar-refractivity contribution in [1.82, 2.24) is 0 Å². The summed E-state index contributed by atoms with van der Waals surface area (Å²) in [6, 6.07) is 0. The molecule has 4 rings (SSSR count). The average Bonchev–Trinajstić information content (AvgIpc) is 2.51. The summed E-state index contributed by atoms with van der Waals surface area (Å²) in [6.07, 6.45) is 23.9. The van der Waals surface area contributed by atoms with Gasteiger partial charge in [-0.15, -0.1) is 0 Å². The fourth-order valence-corrected chi connectivity index (χ4v) is 11.1. The Balaban J connectivity index is 1.52. The van der Waals surface area contributed by atoms with E-state index in [-0.39, 0.29) is 0 Å². The number of hydrogen-bond acceptors (Lipinski definition) is 0. The molecule has 0 N–H and O–H groups in total. The number of hydrogen-bond donors (Lipinski definition) is 0. The third kappa shape index (κ3) is 3.08. The maximum atomic E-state index is 1.64. The van der Waals surface area contributed by atoms with Gasteiger partial charge in [0.2, 0.25) is 0 Å². The molecule has 4 saturated carbocycles. The Morgan fingerprint density at radius 1 is 0.476 bits per heavy atom. The molecule has 120 valence electrons. The summed E-state index contributed by atoms with van der Waals surface area (Å²) in [5.74, 6) is 2.38. The predicted molar refractivity (Wildman–Crippen MR) is 94.5 cm³/mol. The monoisotopic (exact) mass is 306 g/mol. The lowest BCUT2D eigenvalue weighted by atomic mass is 9.65. The molecule has 1 heteroatoms. The highest BCUT2D eigenvalue weighted by Crippen LogP contribution is 2.66. The topological polar surface area (TPSA) is 0 Å². The average molecular weight is 306 g/mol.